The number of hydrogen-bond acceptors (Lipinski definition) is 3. The normalized spacial score (nSPS) is 12.8. The molecule has 0 radical (unpaired) electrons. The van der Waals surface area contributed by atoms with Crippen LogP contribution in [0, 0.1) is 0 Å². The molecule has 4 rings (SSSR count). The van der Waals surface area contributed by atoms with Gasteiger partial charge in [-0.25, -0.2) is 4.98 Å². The number of nitrogens with zero attached hydrogens (tertiary/aromatic N) is 3. The summed E-state index contributed by atoms with van der Waals surface area (Å²) in [5.74, 6) is -0.0663. The van der Waals surface area contributed by atoms with Crippen molar-refractivity contribution in [1.29, 1.82) is 0 Å². The molecule has 2 N–H and O–H groups in total. The number of rotatable bonds is 4. The van der Waals surface area contributed by atoms with Gasteiger partial charge in [0, 0.05) is 35.9 Å². The Kier molecular flexibility index (Phi) is 4.01. The molecule has 130 valence electrons. The maximum atomic E-state index is 12.5. The van der Waals surface area contributed by atoms with E-state index in [0.29, 0.717) is 0 Å². The third-order valence-corrected chi connectivity index (χ3v) is 4.66. The second-order valence-electron chi connectivity index (χ2n) is 6.35. The predicted molar refractivity (Wildman–Crippen MR) is 102 cm³/mol. The molecule has 3 heterocycles. The second kappa shape index (κ2) is 6.48. The first-order chi connectivity index (χ1) is 12.6. The number of H-pyrrole nitrogens is 2. The molecule has 0 bridgehead atoms. The Labute approximate surface area is 150 Å². The van der Waals surface area contributed by atoms with Crippen LogP contribution in [0.4, 0.5) is 0 Å². The number of pyridine rings is 1. The van der Waals surface area contributed by atoms with Gasteiger partial charge in [0.2, 0.25) is 5.91 Å². The standard InChI is InChI=1S/C20H19N5O/c1-13(18-10-15-5-3-4-6-17(15)23-18)25(2)19(26)8-7-14-9-16-12-22-24-20(16)21-11-14/h3-13,23H,1-2H3,(H,21,22,24). The Balaban J connectivity index is 1.50. The third-order valence-electron chi connectivity index (χ3n) is 4.66. The van der Waals surface area contributed by atoms with Gasteiger partial charge >= 0.3 is 0 Å². The largest absolute Gasteiger partial charge is 0.357 e. The van der Waals surface area contributed by atoms with E-state index in [0.717, 1.165) is 33.2 Å². The van der Waals surface area contributed by atoms with Crippen LogP contribution in [0.15, 0.2) is 54.9 Å². The van der Waals surface area contributed by atoms with Crippen molar-refractivity contribution in [1.82, 2.24) is 25.1 Å². The van der Waals surface area contributed by atoms with E-state index in [2.05, 4.69) is 32.3 Å². The SMILES string of the molecule is CC(c1cc2ccccc2[nH]1)N(C)C(=O)C=Cc1cnc2[nH]ncc2c1. The number of benzene rings is 1. The number of amides is 1. The maximum Gasteiger partial charge on any atom is 0.246 e. The summed E-state index contributed by atoms with van der Waals surface area (Å²) in [7, 11) is 1.81. The summed E-state index contributed by atoms with van der Waals surface area (Å²) >= 11 is 0. The van der Waals surface area contributed by atoms with Crippen molar-refractivity contribution in [2.45, 2.75) is 13.0 Å². The number of para-hydroxylation sites is 1. The zero-order valence-electron chi connectivity index (χ0n) is 14.6. The van der Waals surface area contributed by atoms with Crippen molar-refractivity contribution in [2.75, 3.05) is 7.05 Å². The maximum absolute atomic E-state index is 12.5. The van der Waals surface area contributed by atoms with Gasteiger partial charge in [-0.3, -0.25) is 9.89 Å². The van der Waals surface area contributed by atoms with Crippen molar-refractivity contribution in [3.8, 4) is 0 Å². The van der Waals surface area contributed by atoms with Gasteiger partial charge in [-0.2, -0.15) is 5.10 Å². The molecule has 3 aromatic heterocycles. The zero-order chi connectivity index (χ0) is 18.1. The molecule has 1 aromatic carbocycles. The highest BCUT2D eigenvalue weighted by Gasteiger charge is 2.17. The molecule has 0 fully saturated rings. The van der Waals surface area contributed by atoms with Crippen molar-refractivity contribution < 1.29 is 4.79 Å². The van der Waals surface area contributed by atoms with E-state index in [1.54, 1.807) is 36.5 Å². The highest BCUT2D eigenvalue weighted by molar-refractivity contribution is 5.92. The van der Waals surface area contributed by atoms with E-state index in [1.807, 2.05) is 31.2 Å². The molecule has 0 aliphatic heterocycles. The minimum absolute atomic E-state index is 0.0611. The fraction of sp³-hybridized carbons (Fsp3) is 0.150. The van der Waals surface area contributed by atoms with Crippen molar-refractivity contribution >= 4 is 33.9 Å². The van der Waals surface area contributed by atoms with Crippen LogP contribution in [-0.4, -0.2) is 38.0 Å². The lowest BCUT2D eigenvalue weighted by Gasteiger charge is -2.22. The minimum Gasteiger partial charge on any atom is -0.357 e. The van der Waals surface area contributed by atoms with Gasteiger partial charge < -0.3 is 9.88 Å². The van der Waals surface area contributed by atoms with E-state index in [1.165, 1.54) is 0 Å². The molecule has 0 spiro atoms. The first-order valence-corrected chi connectivity index (χ1v) is 8.43. The van der Waals surface area contributed by atoms with Gasteiger partial charge in [-0.1, -0.05) is 18.2 Å². The molecule has 0 aliphatic rings. The monoisotopic (exact) mass is 345 g/mol. The van der Waals surface area contributed by atoms with Crippen LogP contribution in [0.25, 0.3) is 28.0 Å². The molecule has 4 aromatic rings. The molecule has 6 heteroatoms. The molecule has 1 unspecified atom stereocenters. The number of aromatic nitrogens is 4. The van der Waals surface area contributed by atoms with E-state index >= 15 is 0 Å². The van der Waals surface area contributed by atoms with Gasteiger partial charge in [0.15, 0.2) is 5.65 Å². The molecule has 26 heavy (non-hydrogen) atoms. The first-order valence-electron chi connectivity index (χ1n) is 8.43. The summed E-state index contributed by atoms with van der Waals surface area (Å²) < 4.78 is 0. The van der Waals surface area contributed by atoms with Crippen LogP contribution >= 0.6 is 0 Å². The van der Waals surface area contributed by atoms with Crippen LogP contribution in [-0.2, 0) is 4.79 Å². The van der Waals surface area contributed by atoms with Crippen LogP contribution in [0.3, 0.4) is 0 Å². The summed E-state index contributed by atoms with van der Waals surface area (Å²) in [6, 6.07) is 12.1. The summed E-state index contributed by atoms with van der Waals surface area (Å²) in [6.07, 6.45) is 6.77. The number of carbonyl (C=O) groups excluding carboxylic acids is 1. The zero-order valence-corrected chi connectivity index (χ0v) is 14.6. The topological polar surface area (TPSA) is 77.7 Å². The van der Waals surface area contributed by atoms with Gasteiger partial charge in [0.05, 0.1) is 12.2 Å². The highest BCUT2D eigenvalue weighted by atomic mass is 16.2. The van der Waals surface area contributed by atoms with Crippen LogP contribution < -0.4 is 0 Å². The minimum atomic E-state index is -0.0663. The summed E-state index contributed by atoms with van der Waals surface area (Å²) in [5.41, 5.74) is 3.68. The predicted octanol–water partition coefficient (Wildman–Crippen LogP) is 3.67. The third kappa shape index (κ3) is 2.97. The number of likely N-dealkylation sites (N-methyl/N-ethyl adjacent to an activating group) is 1. The van der Waals surface area contributed by atoms with E-state index in [-0.39, 0.29) is 11.9 Å². The number of hydrogen-bond donors (Lipinski definition) is 2. The Bertz CT molecular complexity index is 1070. The average molecular weight is 345 g/mol. The fourth-order valence-corrected chi connectivity index (χ4v) is 2.95. The quantitative estimate of drug-likeness (QED) is 0.554. The van der Waals surface area contributed by atoms with Crippen molar-refractivity contribution in [3.63, 3.8) is 0 Å². The van der Waals surface area contributed by atoms with Crippen LogP contribution in [0.5, 0.6) is 0 Å². The Morgan fingerprint density at radius 1 is 1.19 bits per heavy atom. The Morgan fingerprint density at radius 3 is 2.88 bits per heavy atom. The average Bonchev–Trinajstić information content (AvgIpc) is 3.30. The molecule has 1 amide bonds. The molecule has 6 nitrogen and oxygen atoms in total. The second-order valence-corrected chi connectivity index (χ2v) is 6.35. The Hall–Kier alpha value is -3.41. The summed E-state index contributed by atoms with van der Waals surface area (Å²) in [6.45, 7) is 2.01. The van der Waals surface area contributed by atoms with E-state index in [4.69, 9.17) is 0 Å². The molecule has 0 saturated carbocycles. The van der Waals surface area contributed by atoms with Crippen molar-refractivity contribution in [2.24, 2.45) is 0 Å². The molecule has 0 saturated heterocycles. The number of carbonyl (C=O) groups is 1. The van der Waals surface area contributed by atoms with Gasteiger partial charge in [-0.15, -0.1) is 0 Å². The van der Waals surface area contributed by atoms with Crippen LogP contribution in [0.2, 0.25) is 0 Å². The summed E-state index contributed by atoms with van der Waals surface area (Å²) in [4.78, 5) is 21.9. The first kappa shape index (κ1) is 16.1. The van der Waals surface area contributed by atoms with E-state index in [9.17, 15) is 4.79 Å². The molecule has 0 aliphatic carbocycles. The highest BCUT2D eigenvalue weighted by Crippen LogP contribution is 2.23. The van der Waals surface area contributed by atoms with Gasteiger partial charge in [0.1, 0.15) is 0 Å². The number of fused-ring (bicyclic) bond motifs is 2. The summed E-state index contributed by atoms with van der Waals surface area (Å²) in [5, 5.41) is 8.82. The van der Waals surface area contributed by atoms with E-state index < -0.39 is 0 Å². The number of nitrogens with one attached hydrogen (secondary N) is 2. The van der Waals surface area contributed by atoms with Crippen molar-refractivity contribution in [3.05, 3.63) is 66.1 Å². The fourth-order valence-electron chi connectivity index (χ4n) is 2.95. The lowest BCUT2D eigenvalue weighted by Crippen LogP contribution is -2.28. The lowest BCUT2D eigenvalue weighted by atomic mass is 10.2. The number of aromatic amines is 2. The van der Waals surface area contributed by atoms with Crippen LogP contribution in [0.1, 0.15) is 24.2 Å². The van der Waals surface area contributed by atoms with Gasteiger partial charge in [-0.05, 0) is 42.1 Å². The molecule has 1 atom stereocenters. The lowest BCUT2D eigenvalue weighted by molar-refractivity contribution is -0.126. The molecular weight excluding hydrogens is 326 g/mol. The van der Waals surface area contributed by atoms with Gasteiger partial charge in [0.25, 0.3) is 0 Å². The Morgan fingerprint density at radius 2 is 2.04 bits per heavy atom. The smallest absolute Gasteiger partial charge is 0.246 e. The molecular formula is C20H19N5O.